The molecular formula is C18H19N3OS. The van der Waals surface area contributed by atoms with Gasteiger partial charge in [0.1, 0.15) is 5.50 Å². The lowest BCUT2D eigenvalue weighted by Crippen LogP contribution is -2.50. The molecule has 0 saturated heterocycles. The van der Waals surface area contributed by atoms with Crippen molar-refractivity contribution in [2.45, 2.75) is 18.5 Å². The third-order valence-electron chi connectivity index (χ3n) is 4.03. The number of carbonyl (C=O) groups excluding carboxylic acids is 1. The SMILES string of the molecule is CC1=C(C(N)=O)C(c2ccccc2)NC(S)N1c1ccccc1. The van der Waals surface area contributed by atoms with Crippen molar-refractivity contribution < 1.29 is 4.79 Å². The number of amides is 1. The molecule has 4 nitrogen and oxygen atoms in total. The molecule has 0 saturated carbocycles. The summed E-state index contributed by atoms with van der Waals surface area (Å²) in [5, 5.41) is 3.37. The monoisotopic (exact) mass is 325 g/mol. The van der Waals surface area contributed by atoms with Crippen molar-refractivity contribution in [3.8, 4) is 0 Å². The van der Waals surface area contributed by atoms with Gasteiger partial charge in [-0.1, -0.05) is 48.5 Å². The topological polar surface area (TPSA) is 58.4 Å². The fraction of sp³-hybridized carbons (Fsp3) is 0.167. The maximum absolute atomic E-state index is 12.1. The number of primary amides is 1. The lowest BCUT2D eigenvalue weighted by molar-refractivity contribution is -0.115. The van der Waals surface area contributed by atoms with E-state index in [9.17, 15) is 4.79 Å². The normalized spacial score (nSPS) is 21.4. The minimum Gasteiger partial charge on any atom is -0.366 e. The van der Waals surface area contributed by atoms with Gasteiger partial charge in [0, 0.05) is 11.4 Å². The summed E-state index contributed by atoms with van der Waals surface area (Å²) in [6.45, 7) is 1.91. The van der Waals surface area contributed by atoms with Gasteiger partial charge in [0.15, 0.2) is 0 Å². The van der Waals surface area contributed by atoms with Crippen LogP contribution in [0.3, 0.4) is 0 Å². The molecule has 1 aliphatic heterocycles. The van der Waals surface area contributed by atoms with E-state index in [0.717, 1.165) is 16.9 Å². The molecule has 0 aliphatic carbocycles. The van der Waals surface area contributed by atoms with Crippen LogP contribution in [0.15, 0.2) is 71.9 Å². The molecule has 2 aromatic carbocycles. The zero-order valence-corrected chi connectivity index (χ0v) is 13.7. The van der Waals surface area contributed by atoms with Crippen LogP contribution >= 0.6 is 12.6 Å². The molecule has 118 valence electrons. The van der Waals surface area contributed by atoms with E-state index < -0.39 is 5.91 Å². The molecule has 2 aromatic rings. The Balaban J connectivity index is 2.10. The quantitative estimate of drug-likeness (QED) is 0.761. The van der Waals surface area contributed by atoms with E-state index in [1.165, 1.54) is 0 Å². The predicted octanol–water partition coefficient (Wildman–Crippen LogP) is 2.81. The van der Waals surface area contributed by atoms with Crippen molar-refractivity contribution in [3.63, 3.8) is 0 Å². The van der Waals surface area contributed by atoms with Gasteiger partial charge >= 0.3 is 0 Å². The van der Waals surface area contributed by atoms with E-state index in [4.69, 9.17) is 5.73 Å². The molecule has 1 heterocycles. The zero-order chi connectivity index (χ0) is 16.4. The lowest BCUT2D eigenvalue weighted by Gasteiger charge is -2.41. The Morgan fingerprint density at radius 3 is 2.22 bits per heavy atom. The van der Waals surface area contributed by atoms with Crippen LogP contribution in [0.25, 0.3) is 0 Å². The Bertz CT molecular complexity index is 730. The first-order valence-electron chi connectivity index (χ1n) is 7.43. The number of benzene rings is 2. The molecule has 3 rings (SSSR count). The molecule has 0 fully saturated rings. The number of hydrogen-bond donors (Lipinski definition) is 3. The molecule has 0 aromatic heterocycles. The van der Waals surface area contributed by atoms with Gasteiger partial charge in [0.2, 0.25) is 5.91 Å². The van der Waals surface area contributed by atoms with Gasteiger partial charge in [-0.15, -0.1) is 12.6 Å². The summed E-state index contributed by atoms with van der Waals surface area (Å²) in [6.07, 6.45) is 0. The summed E-state index contributed by atoms with van der Waals surface area (Å²) in [4.78, 5) is 14.1. The standard InChI is InChI=1S/C18H19N3OS/c1-12-15(17(19)22)16(13-8-4-2-5-9-13)20-18(23)21(12)14-10-6-3-7-11-14/h2-11,16,18,20,23H,1H3,(H2,19,22). The summed E-state index contributed by atoms with van der Waals surface area (Å²) >= 11 is 4.67. The molecule has 3 N–H and O–H groups in total. The number of para-hydroxylation sites is 1. The number of rotatable bonds is 3. The van der Waals surface area contributed by atoms with E-state index in [1.807, 2.05) is 72.5 Å². The van der Waals surface area contributed by atoms with Crippen molar-refractivity contribution in [1.82, 2.24) is 5.32 Å². The Morgan fingerprint density at radius 2 is 1.65 bits per heavy atom. The minimum absolute atomic E-state index is 0.259. The van der Waals surface area contributed by atoms with Gasteiger partial charge in [-0.3, -0.25) is 10.1 Å². The first kappa shape index (κ1) is 15.6. The number of nitrogens with one attached hydrogen (secondary N) is 1. The van der Waals surface area contributed by atoms with Crippen LogP contribution in [-0.2, 0) is 4.79 Å². The molecule has 0 radical (unpaired) electrons. The number of hydrogen-bond acceptors (Lipinski definition) is 4. The summed E-state index contributed by atoms with van der Waals surface area (Å²) in [6, 6.07) is 19.4. The van der Waals surface area contributed by atoms with Gasteiger partial charge in [-0.2, -0.15) is 0 Å². The van der Waals surface area contributed by atoms with Crippen molar-refractivity contribution in [3.05, 3.63) is 77.5 Å². The average molecular weight is 325 g/mol. The summed E-state index contributed by atoms with van der Waals surface area (Å²) in [5.74, 6) is -0.426. The van der Waals surface area contributed by atoms with Crippen molar-refractivity contribution >= 4 is 24.2 Å². The Morgan fingerprint density at radius 1 is 1.09 bits per heavy atom. The molecule has 1 amide bonds. The van der Waals surface area contributed by atoms with E-state index in [1.54, 1.807) is 0 Å². The van der Waals surface area contributed by atoms with Crippen LogP contribution in [0.1, 0.15) is 18.5 Å². The largest absolute Gasteiger partial charge is 0.366 e. The molecule has 5 heteroatoms. The number of carbonyl (C=O) groups is 1. The van der Waals surface area contributed by atoms with Crippen molar-refractivity contribution in [1.29, 1.82) is 0 Å². The Kier molecular flexibility index (Phi) is 4.41. The van der Waals surface area contributed by atoms with E-state index >= 15 is 0 Å². The molecule has 23 heavy (non-hydrogen) atoms. The van der Waals surface area contributed by atoms with Gasteiger partial charge in [0.05, 0.1) is 11.6 Å². The zero-order valence-electron chi connectivity index (χ0n) is 12.8. The first-order valence-corrected chi connectivity index (χ1v) is 7.95. The van der Waals surface area contributed by atoms with Crippen molar-refractivity contribution in [2.75, 3.05) is 4.90 Å². The smallest absolute Gasteiger partial charge is 0.248 e. The van der Waals surface area contributed by atoms with Crippen LogP contribution in [0.2, 0.25) is 0 Å². The van der Waals surface area contributed by atoms with Gasteiger partial charge < -0.3 is 10.6 Å². The molecule has 1 aliphatic rings. The molecule has 0 bridgehead atoms. The van der Waals surface area contributed by atoms with Gasteiger partial charge in [-0.05, 0) is 24.6 Å². The third-order valence-corrected chi connectivity index (χ3v) is 4.41. The molecule has 2 unspecified atom stereocenters. The highest BCUT2D eigenvalue weighted by Crippen LogP contribution is 2.35. The summed E-state index contributed by atoms with van der Waals surface area (Å²) in [5.41, 5.74) is 8.75. The first-order chi connectivity index (χ1) is 11.1. The third kappa shape index (κ3) is 2.98. The Labute approximate surface area is 141 Å². The van der Waals surface area contributed by atoms with Gasteiger partial charge in [-0.25, -0.2) is 0 Å². The van der Waals surface area contributed by atoms with Crippen molar-refractivity contribution in [2.24, 2.45) is 5.73 Å². The number of thiol groups is 1. The molecule has 2 atom stereocenters. The lowest BCUT2D eigenvalue weighted by atomic mass is 9.94. The second-order valence-corrected chi connectivity index (χ2v) is 5.94. The number of nitrogens with zero attached hydrogens (tertiary/aromatic N) is 1. The van der Waals surface area contributed by atoms with Crippen LogP contribution in [0, 0.1) is 0 Å². The average Bonchev–Trinajstić information content (AvgIpc) is 2.55. The van der Waals surface area contributed by atoms with Crippen LogP contribution in [0.4, 0.5) is 5.69 Å². The highest BCUT2D eigenvalue weighted by Gasteiger charge is 2.34. The Hall–Kier alpha value is -2.24. The van der Waals surface area contributed by atoms with Crippen LogP contribution in [-0.4, -0.2) is 11.4 Å². The van der Waals surface area contributed by atoms with E-state index in [-0.39, 0.29) is 11.5 Å². The summed E-state index contributed by atoms with van der Waals surface area (Å²) < 4.78 is 0. The fourth-order valence-electron chi connectivity index (χ4n) is 2.98. The number of allylic oxidation sites excluding steroid dienone is 1. The highest BCUT2D eigenvalue weighted by atomic mass is 32.1. The van der Waals surface area contributed by atoms with E-state index in [0.29, 0.717) is 5.57 Å². The second kappa shape index (κ2) is 6.48. The number of anilines is 1. The van der Waals surface area contributed by atoms with Crippen LogP contribution in [0.5, 0.6) is 0 Å². The molecule has 0 spiro atoms. The van der Waals surface area contributed by atoms with Crippen LogP contribution < -0.4 is 16.0 Å². The maximum atomic E-state index is 12.1. The van der Waals surface area contributed by atoms with Gasteiger partial charge in [0.25, 0.3) is 0 Å². The molecular weight excluding hydrogens is 306 g/mol. The fourth-order valence-corrected chi connectivity index (χ4v) is 3.44. The number of nitrogens with two attached hydrogens (primary N) is 1. The van der Waals surface area contributed by atoms with E-state index in [2.05, 4.69) is 17.9 Å². The highest BCUT2D eigenvalue weighted by molar-refractivity contribution is 7.81. The second-order valence-electron chi connectivity index (χ2n) is 5.45. The summed E-state index contributed by atoms with van der Waals surface area (Å²) in [7, 11) is 0. The minimum atomic E-state index is -0.426. The predicted molar refractivity (Wildman–Crippen MR) is 95.9 cm³/mol. The maximum Gasteiger partial charge on any atom is 0.248 e.